The molecular weight excluding hydrogens is 342 g/mol. The number of nitrogens with zero attached hydrogens (tertiary/aromatic N) is 2. The van der Waals surface area contributed by atoms with Gasteiger partial charge in [-0.15, -0.1) is 0 Å². The van der Waals surface area contributed by atoms with Gasteiger partial charge >= 0.3 is 0 Å². The first-order chi connectivity index (χ1) is 13.1. The second-order valence-corrected chi connectivity index (χ2v) is 7.96. The summed E-state index contributed by atoms with van der Waals surface area (Å²) in [5.41, 5.74) is 0. The summed E-state index contributed by atoms with van der Waals surface area (Å²) in [6.45, 7) is 7.46. The zero-order chi connectivity index (χ0) is 19.2. The van der Waals surface area contributed by atoms with Gasteiger partial charge in [-0.05, 0) is 64.3 Å². The zero-order valence-corrected chi connectivity index (χ0v) is 16.7. The molecule has 0 unspecified atom stereocenters. The number of furan rings is 1. The number of hydrogen-bond acceptors (Lipinski definition) is 4. The largest absolute Gasteiger partial charge is 0.464 e. The number of carbonyl (C=O) groups is 2. The second-order valence-electron chi connectivity index (χ2n) is 7.96. The minimum atomic E-state index is 0.0961. The maximum Gasteiger partial charge on any atom is 0.237 e. The molecule has 0 bridgehead atoms. The van der Waals surface area contributed by atoms with Crippen molar-refractivity contribution in [1.29, 1.82) is 0 Å². The van der Waals surface area contributed by atoms with E-state index in [-0.39, 0.29) is 17.7 Å². The van der Waals surface area contributed by atoms with Crippen LogP contribution in [0.15, 0.2) is 16.5 Å². The van der Waals surface area contributed by atoms with Crippen LogP contribution in [0.4, 0.5) is 0 Å². The van der Waals surface area contributed by atoms with Gasteiger partial charge in [0.15, 0.2) is 0 Å². The lowest BCUT2D eigenvalue weighted by Crippen LogP contribution is -2.46. The van der Waals surface area contributed by atoms with Crippen molar-refractivity contribution in [3.63, 3.8) is 0 Å². The van der Waals surface area contributed by atoms with E-state index in [1.54, 1.807) is 0 Å². The van der Waals surface area contributed by atoms with Crippen molar-refractivity contribution < 1.29 is 14.0 Å². The predicted molar refractivity (Wildman–Crippen MR) is 104 cm³/mol. The van der Waals surface area contributed by atoms with Gasteiger partial charge in [-0.2, -0.15) is 0 Å². The van der Waals surface area contributed by atoms with Crippen LogP contribution in [0.2, 0.25) is 0 Å². The number of aryl methyl sites for hydroxylation is 1. The number of piperidine rings is 1. The Morgan fingerprint density at radius 3 is 2.56 bits per heavy atom. The normalized spacial score (nSPS) is 18.4. The number of likely N-dealkylation sites (tertiary alicyclic amines) is 1. The molecule has 1 saturated heterocycles. The fraction of sp³-hybridized carbons (Fsp3) is 0.714. The number of nitrogens with one attached hydrogen (secondary N) is 1. The molecule has 150 valence electrons. The summed E-state index contributed by atoms with van der Waals surface area (Å²) in [5, 5.41) is 3.04. The van der Waals surface area contributed by atoms with Crippen LogP contribution < -0.4 is 5.32 Å². The molecule has 0 spiro atoms. The molecule has 1 saturated carbocycles. The minimum absolute atomic E-state index is 0.0961. The summed E-state index contributed by atoms with van der Waals surface area (Å²) in [7, 11) is 0. The maximum absolute atomic E-state index is 12.9. The third kappa shape index (κ3) is 5.83. The molecule has 27 heavy (non-hydrogen) atoms. The molecule has 1 aliphatic carbocycles. The average Bonchev–Trinajstić information content (AvgIpc) is 3.42. The van der Waals surface area contributed by atoms with Crippen molar-refractivity contribution in [3.8, 4) is 0 Å². The summed E-state index contributed by atoms with van der Waals surface area (Å²) in [6.07, 6.45) is 5.98. The van der Waals surface area contributed by atoms with Gasteiger partial charge in [0, 0.05) is 18.5 Å². The Morgan fingerprint density at radius 2 is 1.96 bits per heavy atom. The predicted octanol–water partition coefficient (Wildman–Crippen LogP) is 2.71. The van der Waals surface area contributed by atoms with E-state index in [0.717, 1.165) is 69.7 Å². The molecule has 1 aliphatic heterocycles. The highest BCUT2D eigenvalue weighted by Gasteiger charge is 2.34. The Morgan fingerprint density at radius 1 is 1.22 bits per heavy atom. The van der Waals surface area contributed by atoms with Gasteiger partial charge in [0.1, 0.15) is 11.5 Å². The first kappa shape index (κ1) is 19.9. The lowest BCUT2D eigenvalue weighted by Gasteiger charge is -2.32. The Labute approximate surface area is 162 Å². The molecule has 2 aliphatic rings. The minimum Gasteiger partial charge on any atom is -0.464 e. The van der Waals surface area contributed by atoms with Crippen LogP contribution in [0, 0.1) is 12.8 Å². The highest BCUT2D eigenvalue weighted by molar-refractivity contribution is 5.80. The van der Waals surface area contributed by atoms with E-state index < -0.39 is 0 Å². The Balaban J connectivity index is 1.44. The van der Waals surface area contributed by atoms with E-state index in [1.807, 2.05) is 24.0 Å². The second kappa shape index (κ2) is 9.40. The van der Waals surface area contributed by atoms with Crippen LogP contribution >= 0.6 is 0 Å². The first-order valence-corrected chi connectivity index (χ1v) is 10.4. The summed E-state index contributed by atoms with van der Waals surface area (Å²) in [6, 6.07) is 4.27. The van der Waals surface area contributed by atoms with Gasteiger partial charge in [-0.3, -0.25) is 14.5 Å². The third-order valence-corrected chi connectivity index (χ3v) is 5.58. The molecule has 2 heterocycles. The lowest BCUT2D eigenvalue weighted by atomic mass is 9.96. The molecule has 6 nitrogen and oxygen atoms in total. The zero-order valence-electron chi connectivity index (χ0n) is 16.7. The Hall–Kier alpha value is -1.82. The number of unbranched alkanes of at least 4 members (excludes halogenated alkanes) is 1. The summed E-state index contributed by atoms with van der Waals surface area (Å²) in [5.74, 6) is 2.20. The van der Waals surface area contributed by atoms with E-state index in [9.17, 15) is 9.59 Å². The summed E-state index contributed by atoms with van der Waals surface area (Å²) < 4.78 is 5.66. The standard InChI is InChI=1S/C21H33N3O3/c1-3-4-11-22-21(26)17-9-12-23(13-10-17)15-20(25)24(18-6-7-18)14-19-8-5-16(2)27-19/h5,8,17-18H,3-4,6-7,9-15H2,1-2H3,(H,22,26). The number of rotatable bonds is 9. The van der Waals surface area contributed by atoms with E-state index in [0.29, 0.717) is 19.1 Å². The van der Waals surface area contributed by atoms with Gasteiger partial charge in [-0.1, -0.05) is 13.3 Å². The highest BCUT2D eigenvalue weighted by atomic mass is 16.3. The summed E-state index contributed by atoms with van der Waals surface area (Å²) >= 11 is 0. The van der Waals surface area contributed by atoms with Crippen molar-refractivity contribution in [1.82, 2.24) is 15.1 Å². The van der Waals surface area contributed by atoms with E-state index in [2.05, 4.69) is 17.1 Å². The molecule has 0 aromatic carbocycles. The maximum atomic E-state index is 12.9. The van der Waals surface area contributed by atoms with E-state index in [4.69, 9.17) is 4.42 Å². The monoisotopic (exact) mass is 375 g/mol. The Kier molecular flexibility index (Phi) is 6.94. The molecule has 2 amide bonds. The van der Waals surface area contributed by atoms with Crippen molar-refractivity contribution in [2.24, 2.45) is 5.92 Å². The molecule has 0 radical (unpaired) electrons. The molecular formula is C21H33N3O3. The molecule has 1 aromatic rings. The van der Waals surface area contributed by atoms with Gasteiger partial charge in [0.05, 0.1) is 13.1 Å². The lowest BCUT2D eigenvalue weighted by molar-refractivity contribution is -0.134. The number of amides is 2. The molecule has 2 fully saturated rings. The van der Waals surface area contributed by atoms with Crippen LogP contribution in [0.3, 0.4) is 0 Å². The number of hydrogen-bond donors (Lipinski definition) is 1. The summed E-state index contributed by atoms with van der Waals surface area (Å²) in [4.78, 5) is 29.2. The van der Waals surface area contributed by atoms with E-state index >= 15 is 0 Å². The molecule has 6 heteroatoms. The van der Waals surface area contributed by atoms with E-state index in [1.165, 1.54) is 0 Å². The molecule has 1 N–H and O–H groups in total. The van der Waals surface area contributed by atoms with Crippen molar-refractivity contribution in [2.75, 3.05) is 26.2 Å². The van der Waals surface area contributed by atoms with Gasteiger partial charge in [0.25, 0.3) is 0 Å². The van der Waals surface area contributed by atoms with Crippen molar-refractivity contribution in [3.05, 3.63) is 23.7 Å². The Bertz CT molecular complexity index is 630. The molecule has 0 atom stereocenters. The van der Waals surface area contributed by atoms with Gasteiger partial charge < -0.3 is 14.6 Å². The van der Waals surface area contributed by atoms with Crippen molar-refractivity contribution in [2.45, 2.75) is 65.0 Å². The van der Waals surface area contributed by atoms with Crippen LogP contribution in [0.25, 0.3) is 0 Å². The smallest absolute Gasteiger partial charge is 0.237 e. The van der Waals surface area contributed by atoms with Crippen LogP contribution in [-0.4, -0.2) is 53.8 Å². The van der Waals surface area contributed by atoms with Gasteiger partial charge in [0.2, 0.25) is 11.8 Å². The van der Waals surface area contributed by atoms with Crippen LogP contribution in [-0.2, 0) is 16.1 Å². The number of carbonyl (C=O) groups excluding carboxylic acids is 2. The quantitative estimate of drug-likeness (QED) is 0.674. The van der Waals surface area contributed by atoms with Crippen LogP contribution in [0.5, 0.6) is 0 Å². The molecule has 3 rings (SSSR count). The highest BCUT2D eigenvalue weighted by Crippen LogP contribution is 2.29. The first-order valence-electron chi connectivity index (χ1n) is 10.4. The fourth-order valence-electron chi connectivity index (χ4n) is 3.71. The SMILES string of the molecule is CCCCNC(=O)C1CCN(CC(=O)N(Cc2ccc(C)o2)C2CC2)CC1. The fourth-order valence-corrected chi connectivity index (χ4v) is 3.71. The van der Waals surface area contributed by atoms with Crippen molar-refractivity contribution >= 4 is 11.8 Å². The van der Waals surface area contributed by atoms with Gasteiger partial charge in [-0.25, -0.2) is 0 Å². The third-order valence-electron chi connectivity index (χ3n) is 5.58. The topological polar surface area (TPSA) is 65.8 Å². The average molecular weight is 376 g/mol. The molecule has 1 aromatic heterocycles. The van der Waals surface area contributed by atoms with Crippen LogP contribution in [0.1, 0.15) is 57.0 Å².